The van der Waals surface area contributed by atoms with Gasteiger partial charge in [-0.15, -0.1) is 10.2 Å². The molecule has 0 bridgehead atoms. The number of amides is 2. The summed E-state index contributed by atoms with van der Waals surface area (Å²) in [7, 11) is 0. The van der Waals surface area contributed by atoms with Gasteiger partial charge in [-0.05, 0) is 30.7 Å². The van der Waals surface area contributed by atoms with Crippen molar-refractivity contribution in [1.29, 1.82) is 0 Å². The van der Waals surface area contributed by atoms with Crippen LogP contribution in [-0.4, -0.2) is 64.1 Å². The van der Waals surface area contributed by atoms with Crippen LogP contribution in [0.2, 0.25) is 0 Å². The molecule has 2 aliphatic rings. The standard InChI is InChI=1S/C18H21N7O2/c26-17-6-3-14(21-17)18(27)25-10-8-24(9-11-25)16-5-4-15(22-23-16)20-13-2-1-7-19-12-13/h1-2,4-5,7,12,14H,3,6,8-11H2,(H,20,22)(H,21,26). The molecule has 0 aliphatic carbocycles. The molecule has 0 saturated carbocycles. The summed E-state index contributed by atoms with van der Waals surface area (Å²) in [6.07, 6.45) is 4.46. The quantitative estimate of drug-likeness (QED) is 0.813. The van der Waals surface area contributed by atoms with E-state index in [4.69, 9.17) is 0 Å². The maximum atomic E-state index is 12.5. The first-order valence-corrected chi connectivity index (χ1v) is 9.03. The molecule has 140 valence electrons. The Morgan fingerprint density at radius 2 is 2.00 bits per heavy atom. The molecule has 27 heavy (non-hydrogen) atoms. The fraction of sp³-hybridized carbons (Fsp3) is 0.389. The van der Waals surface area contributed by atoms with Crippen molar-refractivity contribution in [3.63, 3.8) is 0 Å². The number of hydrogen-bond acceptors (Lipinski definition) is 7. The van der Waals surface area contributed by atoms with E-state index in [1.165, 1.54) is 0 Å². The van der Waals surface area contributed by atoms with E-state index in [-0.39, 0.29) is 17.9 Å². The number of nitrogens with one attached hydrogen (secondary N) is 2. The van der Waals surface area contributed by atoms with E-state index in [1.807, 2.05) is 29.2 Å². The fourth-order valence-corrected chi connectivity index (χ4v) is 3.32. The summed E-state index contributed by atoms with van der Waals surface area (Å²) in [6, 6.07) is 7.19. The van der Waals surface area contributed by atoms with Gasteiger partial charge in [-0.25, -0.2) is 0 Å². The number of pyridine rings is 1. The summed E-state index contributed by atoms with van der Waals surface area (Å²) in [5.41, 5.74) is 0.852. The second-order valence-corrected chi connectivity index (χ2v) is 6.61. The Labute approximate surface area is 156 Å². The average Bonchev–Trinajstić information content (AvgIpc) is 3.15. The highest BCUT2D eigenvalue weighted by atomic mass is 16.2. The van der Waals surface area contributed by atoms with Crippen LogP contribution in [0.25, 0.3) is 0 Å². The van der Waals surface area contributed by atoms with Gasteiger partial charge in [0, 0.05) is 38.8 Å². The number of anilines is 3. The lowest BCUT2D eigenvalue weighted by Crippen LogP contribution is -2.53. The third-order valence-electron chi connectivity index (χ3n) is 4.79. The second-order valence-electron chi connectivity index (χ2n) is 6.61. The molecular formula is C18H21N7O2. The molecule has 0 aromatic carbocycles. The Morgan fingerprint density at radius 1 is 1.15 bits per heavy atom. The van der Waals surface area contributed by atoms with Gasteiger partial charge in [-0.2, -0.15) is 0 Å². The molecule has 2 N–H and O–H groups in total. The van der Waals surface area contributed by atoms with Crippen molar-refractivity contribution in [2.45, 2.75) is 18.9 Å². The summed E-state index contributed by atoms with van der Waals surface area (Å²) in [6.45, 7) is 2.61. The van der Waals surface area contributed by atoms with Crippen LogP contribution in [0.3, 0.4) is 0 Å². The topological polar surface area (TPSA) is 103 Å². The van der Waals surface area contributed by atoms with Gasteiger partial charge in [0.2, 0.25) is 11.8 Å². The number of carbonyl (C=O) groups excluding carboxylic acids is 2. The molecule has 0 spiro atoms. The molecule has 9 heteroatoms. The van der Waals surface area contributed by atoms with Crippen molar-refractivity contribution in [3.8, 4) is 0 Å². The van der Waals surface area contributed by atoms with Crippen LogP contribution >= 0.6 is 0 Å². The van der Waals surface area contributed by atoms with Crippen molar-refractivity contribution in [2.24, 2.45) is 0 Å². The highest BCUT2D eigenvalue weighted by Gasteiger charge is 2.32. The van der Waals surface area contributed by atoms with Crippen LogP contribution in [0.1, 0.15) is 12.8 Å². The van der Waals surface area contributed by atoms with Crippen molar-refractivity contribution in [3.05, 3.63) is 36.7 Å². The first-order valence-electron chi connectivity index (χ1n) is 9.03. The first kappa shape index (κ1) is 17.2. The largest absolute Gasteiger partial charge is 0.352 e. The molecule has 9 nitrogen and oxygen atoms in total. The van der Waals surface area contributed by atoms with Crippen molar-refractivity contribution in [2.75, 3.05) is 36.4 Å². The minimum atomic E-state index is -0.360. The molecule has 0 radical (unpaired) electrons. The Hall–Kier alpha value is -3.23. The zero-order chi connectivity index (χ0) is 18.6. The lowest BCUT2D eigenvalue weighted by molar-refractivity contribution is -0.134. The van der Waals surface area contributed by atoms with Gasteiger partial charge in [-0.1, -0.05) is 0 Å². The first-order chi connectivity index (χ1) is 13.2. The van der Waals surface area contributed by atoms with Gasteiger partial charge >= 0.3 is 0 Å². The molecular weight excluding hydrogens is 346 g/mol. The third-order valence-corrected chi connectivity index (χ3v) is 4.79. The maximum Gasteiger partial charge on any atom is 0.245 e. The van der Waals surface area contributed by atoms with Crippen LogP contribution in [0.15, 0.2) is 36.7 Å². The number of aromatic nitrogens is 3. The lowest BCUT2D eigenvalue weighted by atomic mass is 10.2. The van der Waals surface area contributed by atoms with Crippen LogP contribution in [-0.2, 0) is 9.59 Å². The van der Waals surface area contributed by atoms with E-state index >= 15 is 0 Å². The monoisotopic (exact) mass is 367 g/mol. The third kappa shape index (κ3) is 3.97. The second kappa shape index (κ2) is 7.56. The fourth-order valence-electron chi connectivity index (χ4n) is 3.32. The van der Waals surface area contributed by atoms with Gasteiger partial charge in [0.15, 0.2) is 11.6 Å². The van der Waals surface area contributed by atoms with E-state index in [0.29, 0.717) is 44.8 Å². The zero-order valence-corrected chi connectivity index (χ0v) is 14.8. The molecule has 4 rings (SSSR count). The molecule has 4 heterocycles. The summed E-state index contributed by atoms with van der Waals surface area (Å²) in [4.78, 5) is 31.7. The Bertz CT molecular complexity index is 804. The van der Waals surface area contributed by atoms with E-state index in [9.17, 15) is 9.59 Å². The number of piperazine rings is 1. The molecule has 2 amide bonds. The predicted molar refractivity (Wildman–Crippen MR) is 99.5 cm³/mol. The Balaban J connectivity index is 1.31. The van der Waals surface area contributed by atoms with Gasteiger partial charge in [0.05, 0.1) is 11.9 Å². The predicted octanol–water partition coefficient (Wildman–Crippen LogP) is 0.542. The minimum absolute atomic E-state index is 0.0163. The summed E-state index contributed by atoms with van der Waals surface area (Å²) < 4.78 is 0. The molecule has 2 aliphatic heterocycles. The highest BCUT2D eigenvalue weighted by molar-refractivity contribution is 5.90. The van der Waals surface area contributed by atoms with Crippen LogP contribution < -0.4 is 15.5 Å². The minimum Gasteiger partial charge on any atom is -0.352 e. The van der Waals surface area contributed by atoms with Gasteiger partial charge < -0.3 is 20.4 Å². The number of hydrogen-bond donors (Lipinski definition) is 2. The van der Waals surface area contributed by atoms with E-state index in [1.54, 1.807) is 12.4 Å². The number of rotatable bonds is 4. The average molecular weight is 367 g/mol. The van der Waals surface area contributed by atoms with Gasteiger partial charge in [0.25, 0.3) is 0 Å². The van der Waals surface area contributed by atoms with Crippen molar-refractivity contribution >= 4 is 29.1 Å². The van der Waals surface area contributed by atoms with E-state index < -0.39 is 0 Å². The Kier molecular flexibility index (Phi) is 4.82. The van der Waals surface area contributed by atoms with Gasteiger partial charge in [0.1, 0.15) is 6.04 Å². The van der Waals surface area contributed by atoms with E-state index in [0.717, 1.165) is 11.5 Å². The number of nitrogens with zero attached hydrogens (tertiary/aromatic N) is 5. The molecule has 1 atom stereocenters. The SMILES string of the molecule is O=C1CCC(C(=O)N2CCN(c3ccc(Nc4cccnc4)nn3)CC2)N1. The highest BCUT2D eigenvalue weighted by Crippen LogP contribution is 2.18. The lowest BCUT2D eigenvalue weighted by Gasteiger charge is -2.36. The summed E-state index contributed by atoms with van der Waals surface area (Å²) in [5.74, 6) is 1.41. The maximum absolute atomic E-state index is 12.5. The molecule has 2 fully saturated rings. The van der Waals surface area contributed by atoms with Crippen molar-refractivity contribution in [1.82, 2.24) is 25.4 Å². The molecule has 1 unspecified atom stereocenters. The van der Waals surface area contributed by atoms with Crippen LogP contribution in [0.5, 0.6) is 0 Å². The number of carbonyl (C=O) groups is 2. The summed E-state index contributed by atoms with van der Waals surface area (Å²) in [5, 5.41) is 14.4. The van der Waals surface area contributed by atoms with Crippen LogP contribution in [0, 0.1) is 0 Å². The van der Waals surface area contributed by atoms with Crippen molar-refractivity contribution < 1.29 is 9.59 Å². The molecule has 2 aromatic heterocycles. The van der Waals surface area contributed by atoms with E-state index in [2.05, 4.69) is 30.7 Å². The Morgan fingerprint density at radius 3 is 2.63 bits per heavy atom. The van der Waals surface area contributed by atoms with Gasteiger partial charge in [-0.3, -0.25) is 14.6 Å². The molecule has 2 aromatic rings. The summed E-state index contributed by atoms with van der Waals surface area (Å²) >= 11 is 0. The normalized spacial score (nSPS) is 19.7. The zero-order valence-electron chi connectivity index (χ0n) is 14.8. The smallest absolute Gasteiger partial charge is 0.245 e. The van der Waals surface area contributed by atoms with Crippen LogP contribution in [0.4, 0.5) is 17.3 Å². The molecule has 2 saturated heterocycles.